The molecule has 0 fully saturated rings. The van der Waals surface area contributed by atoms with Crippen molar-refractivity contribution in [3.63, 3.8) is 0 Å². The van der Waals surface area contributed by atoms with Crippen LogP contribution < -0.4 is 0 Å². The molecule has 0 aliphatic heterocycles. The summed E-state index contributed by atoms with van der Waals surface area (Å²) in [5.74, 6) is -5.28. The fourth-order valence-electron chi connectivity index (χ4n) is 4.77. The molecule has 0 bridgehead atoms. The monoisotopic (exact) mass is 564 g/mol. The quantitative estimate of drug-likeness (QED) is 0.228. The summed E-state index contributed by atoms with van der Waals surface area (Å²) >= 11 is 0. The van der Waals surface area contributed by atoms with Crippen molar-refractivity contribution in [2.75, 3.05) is 0 Å². The Labute approximate surface area is 229 Å². The van der Waals surface area contributed by atoms with Crippen LogP contribution in [0.5, 0.6) is 0 Å². The lowest BCUT2D eigenvalue weighted by Gasteiger charge is -2.24. The Morgan fingerprint density at radius 1 is 0.854 bits per heavy atom. The molecular formula is C28H21F5N8. The molecule has 6 aromatic rings. The number of hydrogen-bond donors (Lipinski definition) is 0. The second-order valence-corrected chi connectivity index (χ2v) is 9.71. The summed E-state index contributed by atoms with van der Waals surface area (Å²) in [6, 6.07) is 8.21. The Kier molecular flexibility index (Phi) is 6.16. The van der Waals surface area contributed by atoms with Crippen LogP contribution in [0.3, 0.4) is 0 Å². The van der Waals surface area contributed by atoms with E-state index in [4.69, 9.17) is 0 Å². The van der Waals surface area contributed by atoms with Gasteiger partial charge in [-0.25, -0.2) is 36.4 Å². The molecule has 0 unspecified atom stereocenters. The zero-order chi connectivity index (χ0) is 29.1. The predicted molar refractivity (Wildman–Crippen MR) is 139 cm³/mol. The van der Waals surface area contributed by atoms with E-state index in [-0.39, 0.29) is 28.2 Å². The van der Waals surface area contributed by atoms with Crippen LogP contribution in [0.1, 0.15) is 29.9 Å². The van der Waals surface area contributed by atoms with E-state index in [2.05, 4.69) is 25.1 Å². The molecule has 0 aliphatic carbocycles. The average molecular weight is 565 g/mol. The van der Waals surface area contributed by atoms with Crippen molar-refractivity contribution in [2.24, 2.45) is 0 Å². The molecule has 0 radical (unpaired) electrons. The van der Waals surface area contributed by atoms with Crippen LogP contribution in [0.15, 0.2) is 67.3 Å². The van der Waals surface area contributed by atoms with Gasteiger partial charge in [0, 0.05) is 30.1 Å². The molecule has 5 aromatic heterocycles. The highest BCUT2D eigenvalue weighted by atomic mass is 19.3. The predicted octanol–water partition coefficient (Wildman–Crippen LogP) is 6.12. The highest BCUT2D eigenvalue weighted by Gasteiger charge is 2.38. The number of nitrogens with zero attached hydrogens (tertiary/aromatic N) is 8. The zero-order valence-corrected chi connectivity index (χ0v) is 21.9. The van der Waals surface area contributed by atoms with E-state index in [9.17, 15) is 17.6 Å². The van der Waals surface area contributed by atoms with Crippen molar-refractivity contribution < 1.29 is 22.0 Å². The molecular weight excluding hydrogens is 543 g/mol. The van der Waals surface area contributed by atoms with Crippen molar-refractivity contribution >= 4 is 5.65 Å². The molecule has 13 heteroatoms. The van der Waals surface area contributed by atoms with Gasteiger partial charge in [-0.2, -0.15) is 10.1 Å². The smallest absolute Gasteiger partial charge is 0.271 e. The Hall–Kier alpha value is -4.94. The summed E-state index contributed by atoms with van der Waals surface area (Å²) in [6.07, 6.45) is 4.36. The summed E-state index contributed by atoms with van der Waals surface area (Å²) in [6.45, 7) is 4.49. The Bertz CT molecular complexity index is 1880. The van der Waals surface area contributed by atoms with Crippen LogP contribution in [0.2, 0.25) is 0 Å². The number of aromatic nitrogens is 8. The van der Waals surface area contributed by atoms with Gasteiger partial charge in [-0.1, -0.05) is 12.1 Å². The first-order valence-electron chi connectivity index (χ1n) is 12.4. The minimum absolute atomic E-state index is 0.0599. The molecule has 1 atom stereocenters. The van der Waals surface area contributed by atoms with Gasteiger partial charge in [-0.15, -0.1) is 5.10 Å². The minimum Gasteiger partial charge on any atom is -0.286 e. The minimum atomic E-state index is -3.30. The first kappa shape index (κ1) is 26.3. The van der Waals surface area contributed by atoms with Gasteiger partial charge >= 0.3 is 0 Å². The van der Waals surface area contributed by atoms with Crippen molar-refractivity contribution in [3.8, 4) is 28.6 Å². The Balaban J connectivity index is 1.39. The van der Waals surface area contributed by atoms with Crippen molar-refractivity contribution in [1.29, 1.82) is 0 Å². The van der Waals surface area contributed by atoms with Gasteiger partial charge in [0.1, 0.15) is 17.6 Å². The molecule has 0 amide bonds. The van der Waals surface area contributed by atoms with Crippen molar-refractivity contribution in [3.05, 3.63) is 102 Å². The Morgan fingerprint density at radius 3 is 2.24 bits per heavy atom. The van der Waals surface area contributed by atoms with E-state index in [0.29, 0.717) is 18.5 Å². The van der Waals surface area contributed by atoms with E-state index in [1.807, 2.05) is 30.5 Å². The maximum Gasteiger partial charge on any atom is 0.271 e. The lowest BCUT2D eigenvalue weighted by molar-refractivity contribution is -0.0217. The molecule has 1 aromatic carbocycles. The number of benzene rings is 1. The third-order valence-corrected chi connectivity index (χ3v) is 6.67. The van der Waals surface area contributed by atoms with E-state index >= 15 is 4.39 Å². The number of hydrogen-bond acceptors (Lipinski definition) is 5. The number of aryl methyl sites for hydroxylation is 2. The van der Waals surface area contributed by atoms with Crippen molar-refractivity contribution in [1.82, 2.24) is 38.9 Å². The summed E-state index contributed by atoms with van der Waals surface area (Å²) < 4.78 is 76.8. The van der Waals surface area contributed by atoms with E-state index in [1.54, 1.807) is 0 Å². The maximum atomic E-state index is 15.2. The highest BCUT2D eigenvalue weighted by Crippen LogP contribution is 2.35. The molecule has 0 spiro atoms. The van der Waals surface area contributed by atoms with Crippen LogP contribution in [0, 0.1) is 31.3 Å². The van der Waals surface area contributed by atoms with Crippen LogP contribution in [0.4, 0.5) is 22.0 Å². The first-order valence-corrected chi connectivity index (χ1v) is 12.4. The summed E-state index contributed by atoms with van der Waals surface area (Å²) in [5.41, 5.74) is 1.94. The van der Waals surface area contributed by atoms with Gasteiger partial charge in [-0.05, 0) is 49.7 Å². The van der Waals surface area contributed by atoms with E-state index < -0.39 is 29.4 Å². The second-order valence-electron chi connectivity index (χ2n) is 9.71. The van der Waals surface area contributed by atoms with Crippen LogP contribution in [-0.2, 0) is 0 Å². The number of alkyl halides is 2. The summed E-state index contributed by atoms with van der Waals surface area (Å²) in [5, 5.41) is 8.37. The normalized spacial score (nSPS) is 12.8. The molecule has 0 N–H and O–H groups in total. The fraction of sp³-hybridized carbons (Fsp3) is 0.179. The zero-order valence-electron chi connectivity index (χ0n) is 21.9. The number of rotatable bonds is 6. The van der Waals surface area contributed by atoms with Gasteiger partial charge in [-0.3, -0.25) is 9.25 Å². The van der Waals surface area contributed by atoms with Gasteiger partial charge in [0.2, 0.25) is 0 Å². The number of halogens is 5. The van der Waals surface area contributed by atoms with Gasteiger partial charge in [0.05, 0.1) is 24.2 Å². The molecule has 0 saturated heterocycles. The maximum absolute atomic E-state index is 15.2. The van der Waals surface area contributed by atoms with E-state index in [1.165, 1.54) is 35.1 Å². The average Bonchev–Trinajstić information content (AvgIpc) is 3.63. The fourth-order valence-corrected chi connectivity index (χ4v) is 4.77. The van der Waals surface area contributed by atoms with Gasteiger partial charge < -0.3 is 0 Å². The topological polar surface area (TPSA) is 78.7 Å². The molecule has 5 heterocycles. The second kappa shape index (κ2) is 9.61. The van der Waals surface area contributed by atoms with E-state index in [0.717, 1.165) is 40.6 Å². The van der Waals surface area contributed by atoms with Crippen LogP contribution in [-0.4, -0.2) is 44.8 Å². The van der Waals surface area contributed by atoms with Gasteiger partial charge in [0.15, 0.2) is 23.1 Å². The lowest BCUT2D eigenvalue weighted by atomic mass is 10.0. The number of fused-ring (bicyclic) bond motifs is 1. The molecule has 8 nitrogen and oxygen atoms in total. The van der Waals surface area contributed by atoms with Crippen LogP contribution >= 0.6 is 0 Å². The molecule has 6 rings (SSSR count). The summed E-state index contributed by atoms with van der Waals surface area (Å²) in [7, 11) is 0. The summed E-state index contributed by atoms with van der Waals surface area (Å²) in [4.78, 5) is 12.7. The number of pyridine rings is 1. The molecule has 0 saturated carbocycles. The largest absolute Gasteiger partial charge is 0.286 e. The third-order valence-electron chi connectivity index (χ3n) is 6.67. The standard InChI is InChI=1S/C28H21F5N8/c1-15-4-5-16(2)41(15)27-36-23-10-20(22(31)14-39(23)38-27)26-34-12-21(30)24(37-26)18-11-35-40(13-18)25(28(3,32)33)17-6-8-19(29)9-7-17/h4-14,25H,1-3H3/t25-/m1/s1. The van der Waals surface area contributed by atoms with Crippen LogP contribution in [0.25, 0.3) is 34.2 Å². The van der Waals surface area contributed by atoms with Gasteiger partial charge in [0.25, 0.3) is 11.9 Å². The molecule has 0 aliphatic rings. The third kappa shape index (κ3) is 4.72. The molecule has 41 heavy (non-hydrogen) atoms. The highest BCUT2D eigenvalue weighted by molar-refractivity contribution is 5.66. The first-order chi connectivity index (χ1) is 19.5. The molecule has 208 valence electrons. The van der Waals surface area contributed by atoms with Crippen molar-refractivity contribution in [2.45, 2.75) is 32.7 Å². The lowest BCUT2D eigenvalue weighted by Crippen LogP contribution is -2.29. The Morgan fingerprint density at radius 2 is 1.56 bits per heavy atom. The SMILES string of the molecule is Cc1ccc(C)n1-c1nc2cc(-c3ncc(F)c(-c4cnn([C@H](c5ccc(F)cc5)C(C)(F)F)c4)n3)c(F)cn2n1.